The van der Waals surface area contributed by atoms with E-state index in [0.29, 0.717) is 0 Å². The maximum Gasteiger partial charge on any atom is 0.335 e. The Morgan fingerprint density at radius 3 is 2.45 bits per heavy atom. The topological polar surface area (TPSA) is 99.0 Å². The van der Waals surface area contributed by atoms with Crippen molar-refractivity contribution >= 4 is 26.7 Å². The van der Waals surface area contributed by atoms with Gasteiger partial charge in [-0.15, -0.1) is 0 Å². The second-order valence-electron chi connectivity index (χ2n) is 1.91. The summed E-state index contributed by atoms with van der Waals surface area (Å²) in [5, 5.41) is 1.85. The average molecular weight is 178 g/mol. The van der Waals surface area contributed by atoms with Crippen molar-refractivity contribution in [2.24, 2.45) is 5.10 Å². The van der Waals surface area contributed by atoms with Crippen molar-refractivity contribution in [2.75, 3.05) is 0 Å². The second kappa shape index (κ2) is 2.29. The smallest absolute Gasteiger partial charge is 0.286 e. The second-order valence-corrected chi connectivity index (χ2v) is 3.97. The van der Waals surface area contributed by atoms with Gasteiger partial charge >= 0.3 is 11.0 Å². The van der Waals surface area contributed by atoms with Crippen LogP contribution in [-0.2, 0) is 9.59 Å². The summed E-state index contributed by atoms with van der Waals surface area (Å²) in [6.07, 6.45) is 0. The number of nitrogens with zero attached hydrogens (tertiary/aromatic N) is 1. The highest BCUT2D eigenvalue weighted by atomic mass is 32.3. The van der Waals surface area contributed by atoms with Gasteiger partial charge in [-0.3, -0.25) is 18.7 Å². The monoisotopic (exact) mass is 178 g/mol. The highest BCUT2D eigenvalue weighted by Gasteiger charge is 2.36. The standard InChI is InChI=1S/C4H6N2O4S/c1-2-5-6-3(7)4(8)11(2,9)10/h9-10H,1H3,(H,6,7). The molecule has 0 fully saturated rings. The Kier molecular flexibility index (Phi) is 1.70. The lowest BCUT2D eigenvalue weighted by Gasteiger charge is -2.30. The van der Waals surface area contributed by atoms with E-state index in [4.69, 9.17) is 9.11 Å². The molecule has 0 aliphatic carbocycles. The molecule has 0 bridgehead atoms. The predicted octanol–water partition coefficient (Wildman–Crippen LogP) is -0.273. The zero-order valence-corrected chi connectivity index (χ0v) is 6.38. The number of hydrogen-bond acceptors (Lipinski definition) is 5. The molecule has 1 aliphatic heterocycles. The Bertz CT molecular complexity index is 259. The van der Waals surface area contributed by atoms with Gasteiger partial charge in [0.2, 0.25) is 0 Å². The van der Waals surface area contributed by atoms with Crippen LogP contribution in [0.2, 0.25) is 0 Å². The molecule has 3 N–H and O–H groups in total. The van der Waals surface area contributed by atoms with E-state index in [2.05, 4.69) is 5.10 Å². The molecule has 0 radical (unpaired) electrons. The number of rotatable bonds is 0. The summed E-state index contributed by atoms with van der Waals surface area (Å²) in [7, 11) is -3.59. The van der Waals surface area contributed by atoms with E-state index < -0.39 is 21.6 Å². The van der Waals surface area contributed by atoms with Crippen LogP contribution in [0.4, 0.5) is 0 Å². The molecule has 0 aromatic carbocycles. The van der Waals surface area contributed by atoms with Crippen LogP contribution in [0, 0.1) is 0 Å². The van der Waals surface area contributed by atoms with Gasteiger partial charge in [-0.05, 0) is 6.92 Å². The molecule has 62 valence electrons. The molecule has 1 aliphatic rings. The summed E-state index contributed by atoms with van der Waals surface area (Å²) in [6.45, 7) is 1.26. The van der Waals surface area contributed by atoms with Crippen LogP contribution in [0.15, 0.2) is 5.10 Å². The average Bonchev–Trinajstić information content (AvgIpc) is 1.95. The van der Waals surface area contributed by atoms with E-state index in [1.807, 2.05) is 5.43 Å². The molecule has 7 heteroatoms. The largest absolute Gasteiger partial charge is 0.335 e. The Balaban J connectivity index is 3.10. The van der Waals surface area contributed by atoms with Gasteiger partial charge in [-0.25, -0.2) is 5.43 Å². The Labute approximate surface area is 63.6 Å². The van der Waals surface area contributed by atoms with E-state index >= 15 is 0 Å². The molecule has 0 aromatic rings. The first kappa shape index (κ1) is 8.18. The molecule has 0 aromatic heterocycles. The van der Waals surface area contributed by atoms with Gasteiger partial charge in [0.15, 0.2) is 0 Å². The number of hydrogen-bond donors (Lipinski definition) is 3. The molecular weight excluding hydrogens is 172 g/mol. The molecule has 0 unspecified atom stereocenters. The number of carbonyl (C=O) groups excluding carboxylic acids is 2. The number of amides is 1. The Hall–Kier alpha value is -0.920. The third-order valence-corrected chi connectivity index (χ3v) is 2.79. The third-order valence-electron chi connectivity index (χ3n) is 1.17. The van der Waals surface area contributed by atoms with E-state index in [1.54, 1.807) is 0 Å². The highest BCUT2D eigenvalue weighted by Crippen LogP contribution is 2.42. The van der Waals surface area contributed by atoms with Crippen molar-refractivity contribution in [1.29, 1.82) is 0 Å². The van der Waals surface area contributed by atoms with Crippen molar-refractivity contribution in [1.82, 2.24) is 5.43 Å². The lowest BCUT2D eigenvalue weighted by Crippen LogP contribution is -2.38. The lowest BCUT2D eigenvalue weighted by molar-refractivity contribution is -0.133. The Morgan fingerprint density at radius 1 is 1.45 bits per heavy atom. The van der Waals surface area contributed by atoms with Crippen molar-refractivity contribution in [3.63, 3.8) is 0 Å². The molecule has 1 rings (SSSR count). The summed E-state index contributed by atoms with van der Waals surface area (Å²) >= 11 is 0. The summed E-state index contributed by atoms with van der Waals surface area (Å²) in [5.41, 5.74) is 1.84. The van der Waals surface area contributed by atoms with Gasteiger partial charge in [0, 0.05) is 0 Å². The van der Waals surface area contributed by atoms with E-state index in [0.717, 1.165) is 0 Å². The fourth-order valence-corrected chi connectivity index (χ4v) is 1.25. The predicted molar refractivity (Wildman–Crippen MR) is 39.1 cm³/mol. The number of nitrogens with one attached hydrogen (secondary N) is 1. The van der Waals surface area contributed by atoms with Gasteiger partial charge in [0.05, 0.1) is 0 Å². The quantitative estimate of drug-likeness (QED) is 0.444. The molecule has 0 spiro atoms. The third kappa shape index (κ3) is 1.13. The highest BCUT2D eigenvalue weighted by molar-refractivity contribution is 8.49. The van der Waals surface area contributed by atoms with Crippen molar-refractivity contribution in [3.05, 3.63) is 0 Å². The van der Waals surface area contributed by atoms with Crippen LogP contribution in [0.1, 0.15) is 6.92 Å². The van der Waals surface area contributed by atoms with Crippen LogP contribution in [0.25, 0.3) is 0 Å². The van der Waals surface area contributed by atoms with E-state index in [9.17, 15) is 9.59 Å². The molecule has 11 heavy (non-hydrogen) atoms. The van der Waals surface area contributed by atoms with Crippen LogP contribution in [-0.4, -0.2) is 25.2 Å². The summed E-state index contributed by atoms with van der Waals surface area (Å²) in [6, 6.07) is 0. The molecule has 0 saturated heterocycles. The molecule has 1 heterocycles. The van der Waals surface area contributed by atoms with E-state index in [-0.39, 0.29) is 5.04 Å². The minimum absolute atomic E-state index is 0.165. The van der Waals surface area contributed by atoms with Gasteiger partial charge in [0.1, 0.15) is 5.04 Å². The summed E-state index contributed by atoms with van der Waals surface area (Å²) < 4.78 is 18.0. The van der Waals surface area contributed by atoms with Gasteiger partial charge in [-0.2, -0.15) is 5.10 Å². The molecule has 0 saturated carbocycles. The van der Waals surface area contributed by atoms with Crippen LogP contribution < -0.4 is 5.43 Å². The van der Waals surface area contributed by atoms with Crippen LogP contribution in [0.3, 0.4) is 0 Å². The number of carbonyl (C=O) groups is 2. The lowest BCUT2D eigenvalue weighted by atomic mass is 10.7. The first-order valence-electron chi connectivity index (χ1n) is 2.63. The molecule has 1 amide bonds. The van der Waals surface area contributed by atoms with Crippen LogP contribution >= 0.6 is 10.6 Å². The first-order valence-corrected chi connectivity index (χ1v) is 4.18. The SMILES string of the molecule is CC1=NNC(=O)C(=O)S1(O)O. The fourth-order valence-electron chi connectivity index (χ4n) is 0.502. The van der Waals surface area contributed by atoms with Crippen molar-refractivity contribution in [3.8, 4) is 0 Å². The van der Waals surface area contributed by atoms with Crippen molar-refractivity contribution in [2.45, 2.75) is 6.92 Å². The first-order chi connectivity index (χ1) is 4.96. The Morgan fingerprint density at radius 2 is 2.00 bits per heavy atom. The normalized spacial score (nSPS) is 25.5. The van der Waals surface area contributed by atoms with Crippen molar-refractivity contribution < 1.29 is 18.7 Å². The van der Waals surface area contributed by atoms with Gasteiger partial charge < -0.3 is 0 Å². The molecular formula is C4H6N2O4S. The molecule has 6 nitrogen and oxygen atoms in total. The fraction of sp³-hybridized carbons (Fsp3) is 0.250. The zero-order valence-electron chi connectivity index (χ0n) is 5.57. The van der Waals surface area contributed by atoms with Gasteiger partial charge in [-0.1, -0.05) is 10.6 Å². The maximum absolute atomic E-state index is 10.7. The number of hydrazone groups is 1. The summed E-state index contributed by atoms with van der Waals surface area (Å²) in [5.74, 6) is -1.09. The molecule has 0 atom stereocenters. The minimum Gasteiger partial charge on any atom is -0.286 e. The minimum atomic E-state index is -3.59. The van der Waals surface area contributed by atoms with Gasteiger partial charge in [0.25, 0.3) is 0 Å². The van der Waals surface area contributed by atoms with Crippen LogP contribution in [0.5, 0.6) is 0 Å². The maximum atomic E-state index is 10.7. The summed E-state index contributed by atoms with van der Waals surface area (Å²) in [4.78, 5) is 21.2. The van der Waals surface area contributed by atoms with E-state index in [1.165, 1.54) is 6.92 Å². The zero-order chi connectivity index (χ0) is 8.65.